The normalized spacial score (nSPS) is 35.4. The van der Waals surface area contributed by atoms with Crippen molar-refractivity contribution in [3.8, 4) is 0 Å². The third-order valence-electron chi connectivity index (χ3n) is 6.66. The maximum absolute atomic E-state index is 2.60. The molecule has 0 heteroatoms. The van der Waals surface area contributed by atoms with Gasteiger partial charge < -0.3 is 0 Å². The lowest BCUT2D eigenvalue weighted by Crippen LogP contribution is -2.55. The van der Waals surface area contributed by atoms with Crippen LogP contribution < -0.4 is 0 Å². The van der Waals surface area contributed by atoms with Crippen molar-refractivity contribution < 1.29 is 0 Å². The van der Waals surface area contributed by atoms with E-state index in [1.165, 1.54) is 51.4 Å². The van der Waals surface area contributed by atoms with Crippen LogP contribution in [0.1, 0.15) is 79.1 Å². The van der Waals surface area contributed by atoms with Gasteiger partial charge in [-0.15, -0.1) is 0 Å². The molecule has 112 valence electrons. The van der Waals surface area contributed by atoms with E-state index in [1.807, 2.05) is 11.1 Å². The Morgan fingerprint density at radius 3 is 2.45 bits per heavy atom. The molecular weight excluding hydrogens is 240 g/mol. The minimum atomic E-state index is 0.505. The Morgan fingerprint density at radius 2 is 1.85 bits per heavy atom. The van der Waals surface area contributed by atoms with E-state index >= 15 is 0 Å². The zero-order chi connectivity index (χ0) is 14.4. The van der Waals surface area contributed by atoms with Gasteiger partial charge in [0.15, 0.2) is 0 Å². The van der Waals surface area contributed by atoms with Crippen molar-refractivity contribution >= 4 is 0 Å². The fraction of sp³-hybridized carbons (Fsp3) is 0.800. The van der Waals surface area contributed by atoms with E-state index in [1.54, 1.807) is 0 Å². The second-order valence-electron chi connectivity index (χ2n) is 8.61. The molecule has 0 aromatic rings. The van der Waals surface area contributed by atoms with Crippen molar-refractivity contribution in [2.75, 3.05) is 0 Å². The van der Waals surface area contributed by atoms with Crippen LogP contribution in [-0.4, -0.2) is 0 Å². The Balaban J connectivity index is 1.83. The number of fused-ring (bicyclic) bond motifs is 1. The maximum Gasteiger partial charge on any atom is -0.00242 e. The van der Waals surface area contributed by atoms with Crippen LogP contribution in [0.3, 0.4) is 0 Å². The van der Waals surface area contributed by atoms with Crippen molar-refractivity contribution in [2.45, 2.75) is 79.1 Å². The molecule has 4 rings (SSSR count). The lowest BCUT2D eigenvalue weighted by molar-refractivity contribution is -0.0926. The van der Waals surface area contributed by atoms with Crippen molar-refractivity contribution in [1.29, 1.82) is 0 Å². The van der Waals surface area contributed by atoms with E-state index in [9.17, 15) is 0 Å². The molecule has 2 bridgehead atoms. The fourth-order valence-corrected chi connectivity index (χ4v) is 5.07. The SMILES string of the molecule is CC(C)CC1=C(CC23C=CCC(C2)C3(C)C)CCCC1. The predicted octanol–water partition coefficient (Wildman–Crippen LogP) is 6.29. The molecule has 1 fully saturated rings. The van der Waals surface area contributed by atoms with Crippen LogP contribution in [0.4, 0.5) is 0 Å². The van der Waals surface area contributed by atoms with Gasteiger partial charge in [0, 0.05) is 0 Å². The summed E-state index contributed by atoms with van der Waals surface area (Å²) < 4.78 is 0. The molecule has 0 aromatic carbocycles. The molecule has 1 saturated carbocycles. The Bertz CT molecular complexity index is 435. The van der Waals surface area contributed by atoms with Crippen molar-refractivity contribution in [3.05, 3.63) is 23.3 Å². The molecule has 4 aliphatic carbocycles. The van der Waals surface area contributed by atoms with E-state index in [2.05, 4.69) is 39.8 Å². The van der Waals surface area contributed by atoms with Gasteiger partial charge in [-0.2, -0.15) is 0 Å². The zero-order valence-electron chi connectivity index (χ0n) is 14.0. The lowest BCUT2D eigenvalue weighted by atomic mass is 9.40. The quantitative estimate of drug-likeness (QED) is 0.528. The van der Waals surface area contributed by atoms with Crippen LogP contribution in [0.25, 0.3) is 0 Å². The van der Waals surface area contributed by atoms with Crippen LogP contribution in [0.15, 0.2) is 23.3 Å². The summed E-state index contributed by atoms with van der Waals surface area (Å²) in [5.41, 5.74) is 4.72. The lowest BCUT2D eigenvalue weighted by Gasteiger charge is -2.64. The minimum absolute atomic E-state index is 0.505. The van der Waals surface area contributed by atoms with Gasteiger partial charge in [0.2, 0.25) is 0 Å². The van der Waals surface area contributed by atoms with Crippen LogP contribution in [0, 0.1) is 22.7 Å². The van der Waals surface area contributed by atoms with Gasteiger partial charge in [0.1, 0.15) is 0 Å². The van der Waals surface area contributed by atoms with Gasteiger partial charge in [-0.25, -0.2) is 0 Å². The molecule has 20 heavy (non-hydrogen) atoms. The first-order chi connectivity index (χ1) is 9.45. The van der Waals surface area contributed by atoms with Crippen molar-refractivity contribution in [1.82, 2.24) is 0 Å². The molecule has 0 saturated heterocycles. The molecule has 0 nitrogen and oxygen atoms in total. The summed E-state index contributed by atoms with van der Waals surface area (Å²) >= 11 is 0. The summed E-state index contributed by atoms with van der Waals surface area (Å²) in [6, 6.07) is 0. The highest BCUT2D eigenvalue weighted by Gasteiger charge is 2.59. The van der Waals surface area contributed by atoms with Crippen LogP contribution in [0.2, 0.25) is 0 Å². The zero-order valence-corrected chi connectivity index (χ0v) is 14.0. The van der Waals surface area contributed by atoms with Gasteiger partial charge in [-0.05, 0) is 74.0 Å². The molecule has 2 unspecified atom stereocenters. The molecule has 0 aromatic heterocycles. The smallest absolute Gasteiger partial charge is 0.00242 e. The number of hydrogen-bond acceptors (Lipinski definition) is 0. The van der Waals surface area contributed by atoms with Gasteiger partial charge in [0.05, 0.1) is 0 Å². The Hall–Kier alpha value is -0.520. The molecule has 2 atom stereocenters. The van der Waals surface area contributed by atoms with E-state index in [4.69, 9.17) is 0 Å². The molecular formula is C20H32. The van der Waals surface area contributed by atoms with E-state index < -0.39 is 0 Å². The highest BCUT2D eigenvalue weighted by Crippen LogP contribution is 2.67. The summed E-state index contributed by atoms with van der Waals surface area (Å²) in [4.78, 5) is 0. The summed E-state index contributed by atoms with van der Waals surface area (Å²) in [5.74, 6) is 1.77. The average Bonchev–Trinajstić information content (AvgIpc) is 2.41. The second kappa shape index (κ2) is 5.04. The van der Waals surface area contributed by atoms with Gasteiger partial charge in [0.25, 0.3) is 0 Å². The third-order valence-corrected chi connectivity index (χ3v) is 6.66. The van der Waals surface area contributed by atoms with Gasteiger partial charge in [-0.1, -0.05) is 51.0 Å². The summed E-state index contributed by atoms with van der Waals surface area (Å²) in [7, 11) is 0. The fourth-order valence-electron chi connectivity index (χ4n) is 5.07. The molecule has 0 radical (unpaired) electrons. The van der Waals surface area contributed by atoms with E-state index in [-0.39, 0.29) is 0 Å². The van der Waals surface area contributed by atoms with Crippen LogP contribution >= 0.6 is 0 Å². The predicted molar refractivity (Wildman–Crippen MR) is 87.6 cm³/mol. The number of hydrogen-bond donors (Lipinski definition) is 0. The third kappa shape index (κ3) is 2.20. The second-order valence-corrected chi connectivity index (χ2v) is 8.61. The molecule has 0 amide bonds. The molecule has 0 aliphatic heterocycles. The Morgan fingerprint density at radius 1 is 1.15 bits per heavy atom. The Kier molecular flexibility index (Phi) is 3.63. The topological polar surface area (TPSA) is 0 Å². The highest BCUT2D eigenvalue weighted by molar-refractivity contribution is 5.29. The maximum atomic E-state index is 2.60. The molecule has 4 aliphatic rings. The summed E-state index contributed by atoms with van der Waals surface area (Å²) in [6.45, 7) is 9.80. The first-order valence-corrected chi connectivity index (χ1v) is 8.82. The van der Waals surface area contributed by atoms with Gasteiger partial charge >= 0.3 is 0 Å². The van der Waals surface area contributed by atoms with Crippen LogP contribution in [0.5, 0.6) is 0 Å². The average molecular weight is 272 g/mol. The van der Waals surface area contributed by atoms with E-state index in [0.717, 1.165) is 11.8 Å². The standard InChI is InChI=1S/C20H32/c1-15(2)12-16-8-5-6-9-17(16)13-20-11-7-10-18(14-20)19(20,3)4/h7,11,15,18H,5-6,8-10,12-14H2,1-4H3. The monoisotopic (exact) mass is 272 g/mol. The van der Waals surface area contributed by atoms with Crippen molar-refractivity contribution in [2.24, 2.45) is 22.7 Å². The highest BCUT2D eigenvalue weighted by atomic mass is 14.6. The van der Waals surface area contributed by atoms with Crippen molar-refractivity contribution in [3.63, 3.8) is 0 Å². The first-order valence-electron chi connectivity index (χ1n) is 8.82. The summed E-state index contributed by atoms with van der Waals surface area (Å²) in [6.07, 6.45) is 16.2. The minimum Gasteiger partial charge on any atom is -0.0877 e. The number of allylic oxidation sites excluding steroid dienone is 4. The van der Waals surface area contributed by atoms with Crippen LogP contribution in [-0.2, 0) is 0 Å². The van der Waals surface area contributed by atoms with Gasteiger partial charge in [-0.3, -0.25) is 0 Å². The Labute approximate surface area is 125 Å². The summed E-state index contributed by atoms with van der Waals surface area (Å²) in [5, 5.41) is 0. The first kappa shape index (κ1) is 14.4. The number of rotatable bonds is 4. The molecule has 0 spiro atoms. The molecule has 0 heterocycles. The van der Waals surface area contributed by atoms with E-state index in [0.29, 0.717) is 10.8 Å². The largest absolute Gasteiger partial charge is 0.0877 e. The molecule has 0 N–H and O–H groups in total.